The van der Waals surface area contributed by atoms with E-state index in [1.54, 1.807) is 7.11 Å². The smallest absolute Gasteiger partial charge is 0.135 e. The van der Waals surface area contributed by atoms with E-state index in [1.807, 2.05) is 29.8 Å². The summed E-state index contributed by atoms with van der Waals surface area (Å²) in [6, 6.07) is 6.09. The Morgan fingerprint density at radius 3 is 2.89 bits per heavy atom. The van der Waals surface area contributed by atoms with Crippen molar-refractivity contribution in [2.45, 2.75) is 13.2 Å². The third-order valence-electron chi connectivity index (χ3n) is 2.94. The van der Waals surface area contributed by atoms with Crippen LogP contribution < -0.4 is 5.73 Å². The van der Waals surface area contributed by atoms with Gasteiger partial charge in [-0.05, 0) is 17.7 Å². The topological polar surface area (TPSA) is 62.3 Å². The van der Waals surface area contributed by atoms with Gasteiger partial charge in [0, 0.05) is 20.7 Å². The number of ether oxygens (including phenoxy) is 2. The first-order valence-electron chi connectivity index (χ1n) is 5.97. The van der Waals surface area contributed by atoms with Crippen LogP contribution in [0.25, 0.3) is 11.0 Å². The minimum atomic E-state index is 0.493. The quantitative estimate of drug-likeness (QED) is 0.781. The van der Waals surface area contributed by atoms with Crippen molar-refractivity contribution in [1.82, 2.24) is 9.55 Å². The van der Waals surface area contributed by atoms with Gasteiger partial charge in [0.15, 0.2) is 0 Å². The van der Waals surface area contributed by atoms with E-state index < -0.39 is 0 Å². The van der Waals surface area contributed by atoms with Gasteiger partial charge in [-0.2, -0.15) is 0 Å². The minimum Gasteiger partial charge on any atom is -0.382 e. The molecule has 0 aliphatic rings. The Morgan fingerprint density at radius 1 is 1.33 bits per heavy atom. The summed E-state index contributed by atoms with van der Waals surface area (Å²) in [7, 11) is 3.65. The van der Waals surface area contributed by atoms with Gasteiger partial charge >= 0.3 is 0 Å². The van der Waals surface area contributed by atoms with Crippen LogP contribution in [0.2, 0.25) is 0 Å². The molecule has 0 unspecified atom stereocenters. The number of aryl methyl sites for hydroxylation is 1. The van der Waals surface area contributed by atoms with Gasteiger partial charge in [-0.25, -0.2) is 4.98 Å². The second-order valence-electron chi connectivity index (χ2n) is 4.16. The highest BCUT2D eigenvalue weighted by Gasteiger charge is 2.07. The Labute approximate surface area is 107 Å². The predicted octanol–water partition coefficient (Wildman–Crippen LogP) is 1.20. The number of rotatable bonds is 6. The average Bonchev–Trinajstić information content (AvgIpc) is 2.71. The molecule has 98 valence electrons. The monoisotopic (exact) mass is 249 g/mol. The number of benzene rings is 1. The second-order valence-corrected chi connectivity index (χ2v) is 4.16. The summed E-state index contributed by atoms with van der Waals surface area (Å²) in [6.45, 7) is 2.20. The Hall–Kier alpha value is -1.43. The largest absolute Gasteiger partial charge is 0.382 e. The van der Waals surface area contributed by atoms with Crippen LogP contribution in [0, 0.1) is 0 Å². The molecule has 1 aromatic carbocycles. The van der Waals surface area contributed by atoms with Gasteiger partial charge in [0.05, 0.1) is 24.2 Å². The Kier molecular flexibility index (Phi) is 4.30. The van der Waals surface area contributed by atoms with E-state index in [-0.39, 0.29) is 0 Å². The molecule has 0 aliphatic carbocycles. The maximum Gasteiger partial charge on any atom is 0.135 e. The van der Waals surface area contributed by atoms with Crippen LogP contribution in [-0.4, -0.2) is 29.9 Å². The molecule has 0 saturated heterocycles. The van der Waals surface area contributed by atoms with Crippen molar-refractivity contribution in [1.29, 1.82) is 0 Å². The second kappa shape index (κ2) is 5.95. The van der Waals surface area contributed by atoms with Gasteiger partial charge in [0.1, 0.15) is 12.4 Å². The zero-order valence-corrected chi connectivity index (χ0v) is 10.8. The molecule has 1 heterocycles. The summed E-state index contributed by atoms with van der Waals surface area (Å²) in [5.74, 6) is 0.912. The molecule has 0 bridgehead atoms. The molecule has 2 rings (SSSR count). The lowest BCUT2D eigenvalue weighted by Crippen LogP contribution is -2.05. The fourth-order valence-electron chi connectivity index (χ4n) is 1.86. The number of nitrogens with two attached hydrogens (primary N) is 1. The molecule has 0 fully saturated rings. The van der Waals surface area contributed by atoms with Gasteiger partial charge in [-0.3, -0.25) is 0 Å². The normalized spacial score (nSPS) is 11.3. The number of imidazole rings is 1. The first kappa shape index (κ1) is 13.0. The lowest BCUT2D eigenvalue weighted by atomic mass is 10.2. The molecule has 0 aliphatic heterocycles. The highest BCUT2D eigenvalue weighted by Crippen LogP contribution is 2.17. The lowest BCUT2D eigenvalue weighted by Gasteiger charge is -2.03. The number of methoxy groups -OCH3 is 1. The van der Waals surface area contributed by atoms with Crippen molar-refractivity contribution in [2.24, 2.45) is 12.8 Å². The maximum atomic E-state index is 5.63. The third-order valence-corrected chi connectivity index (χ3v) is 2.94. The zero-order chi connectivity index (χ0) is 13.0. The molecule has 5 heteroatoms. The van der Waals surface area contributed by atoms with E-state index >= 15 is 0 Å². The average molecular weight is 249 g/mol. The molecule has 5 nitrogen and oxygen atoms in total. The third kappa shape index (κ3) is 2.69. The Balaban J connectivity index is 2.16. The first-order chi connectivity index (χ1) is 8.76. The maximum absolute atomic E-state index is 5.63. The molecule has 2 aromatic rings. The lowest BCUT2D eigenvalue weighted by molar-refractivity contribution is 0.0578. The summed E-state index contributed by atoms with van der Waals surface area (Å²) in [5, 5.41) is 0. The van der Waals surface area contributed by atoms with Crippen molar-refractivity contribution in [3.05, 3.63) is 29.6 Å². The van der Waals surface area contributed by atoms with E-state index in [9.17, 15) is 0 Å². The predicted molar refractivity (Wildman–Crippen MR) is 70.1 cm³/mol. The van der Waals surface area contributed by atoms with Crippen LogP contribution in [0.1, 0.15) is 11.4 Å². The van der Waals surface area contributed by atoms with E-state index in [1.165, 1.54) is 0 Å². The Morgan fingerprint density at radius 2 is 2.17 bits per heavy atom. The van der Waals surface area contributed by atoms with Crippen LogP contribution in [0.4, 0.5) is 0 Å². The van der Waals surface area contributed by atoms with Crippen molar-refractivity contribution in [3.63, 3.8) is 0 Å². The Bertz CT molecular complexity index is 522. The number of aromatic nitrogens is 2. The van der Waals surface area contributed by atoms with Crippen molar-refractivity contribution >= 4 is 11.0 Å². The van der Waals surface area contributed by atoms with Gasteiger partial charge in [0.2, 0.25) is 0 Å². The van der Waals surface area contributed by atoms with Crippen molar-refractivity contribution < 1.29 is 9.47 Å². The molecule has 0 atom stereocenters. The number of nitrogens with zero attached hydrogens (tertiary/aromatic N) is 2. The van der Waals surface area contributed by atoms with Crippen LogP contribution in [0.3, 0.4) is 0 Å². The standard InChI is InChI=1S/C13H19N3O2/c1-16-12-4-3-10(8-14)7-11(12)15-13(16)9-18-6-5-17-2/h3-4,7H,5-6,8-9,14H2,1-2H3. The van der Waals surface area contributed by atoms with Crippen LogP contribution >= 0.6 is 0 Å². The molecule has 1 aromatic heterocycles. The van der Waals surface area contributed by atoms with Gasteiger partial charge in [-0.1, -0.05) is 6.07 Å². The SMILES string of the molecule is COCCOCc1nc2cc(CN)ccc2n1C. The molecule has 2 N–H and O–H groups in total. The molecule has 0 spiro atoms. The molecule has 0 radical (unpaired) electrons. The van der Waals surface area contributed by atoms with E-state index in [0.717, 1.165) is 22.4 Å². The molecular weight excluding hydrogens is 230 g/mol. The van der Waals surface area contributed by atoms with Crippen LogP contribution in [0.15, 0.2) is 18.2 Å². The fraction of sp³-hybridized carbons (Fsp3) is 0.462. The highest BCUT2D eigenvalue weighted by molar-refractivity contribution is 5.76. The zero-order valence-electron chi connectivity index (χ0n) is 10.8. The summed E-state index contributed by atoms with van der Waals surface area (Å²) < 4.78 is 12.5. The highest BCUT2D eigenvalue weighted by atomic mass is 16.5. The van der Waals surface area contributed by atoms with E-state index in [0.29, 0.717) is 26.4 Å². The molecule has 0 saturated carbocycles. The number of hydrogen-bond donors (Lipinski definition) is 1. The molecule has 18 heavy (non-hydrogen) atoms. The number of fused-ring (bicyclic) bond motifs is 1. The summed E-state index contributed by atoms with van der Waals surface area (Å²) in [5.41, 5.74) is 8.77. The summed E-state index contributed by atoms with van der Waals surface area (Å²) in [4.78, 5) is 4.56. The fourth-order valence-corrected chi connectivity index (χ4v) is 1.86. The van der Waals surface area contributed by atoms with Crippen LogP contribution in [-0.2, 0) is 29.7 Å². The van der Waals surface area contributed by atoms with E-state index in [2.05, 4.69) is 4.98 Å². The first-order valence-corrected chi connectivity index (χ1v) is 5.97. The van der Waals surface area contributed by atoms with E-state index in [4.69, 9.17) is 15.2 Å². The summed E-state index contributed by atoms with van der Waals surface area (Å²) in [6.07, 6.45) is 0. The molecule has 0 amide bonds. The van der Waals surface area contributed by atoms with Crippen molar-refractivity contribution in [3.8, 4) is 0 Å². The molecular formula is C13H19N3O2. The van der Waals surface area contributed by atoms with Gasteiger partial charge in [0.25, 0.3) is 0 Å². The summed E-state index contributed by atoms with van der Waals surface area (Å²) >= 11 is 0. The van der Waals surface area contributed by atoms with Gasteiger partial charge in [-0.15, -0.1) is 0 Å². The number of hydrogen-bond acceptors (Lipinski definition) is 4. The van der Waals surface area contributed by atoms with Crippen LogP contribution in [0.5, 0.6) is 0 Å². The van der Waals surface area contributed by atoms with Crippen molar-refractivity contribution in [2.75, 3.05) is 20.3 Å². The van der Waals surface area contributed by atoms with Gasteiger partial charge < -0.3 is 19.8 Å². The minimum absolute atomic E-state index is 0.493.